The van der Waals surface area contributed by atoms with Gasteiger partial charge in [0.1, 0.15) is 6.54 Å². The van der Waals surface area contributed by atoms with E-state index in [1.165, 1.54) is 4.90 Å². The van der Waals surface area contributed by atoms with Crippen LogP contribution in [0, 0.1) is 13.8 Å². The van der Waals surface area contributed by atoms with E-state index in [0.717, 1.165) is 11.3 Å². The molecule has 7 nitrogen and oxygen atoms in total. The van der Waals surface area contributed by atoms with Gasteiger partial charge in [-0.1, -0.05) is 30.3 Å². The number of amides is 1. The van der Waals surface area contributed by atoms with Crippen molar-refractivity contribution in [3.8, 4) is 0 Å². The first-order valence-electron chi connectivity index (χ1n) is 9.10. The third kappa shape index (κ3) is 5.45. The number of nitrogens with zero attached hydrogens (tertiary/aromatic N) is 2. The van der Waals surface area contributed by atoms with Crippen molar-refractivity contribution in [1.29, 1.82) is 0 Å². The Bertz CT molecular complexity index is 842. The Labute approximate surface area is 164 Å². The molecule has 0 N–H and O–H groups in total. The molecule has 0 bridgehead atoms. The second-order valence-electron chi connectivity index (χ2n) is 6.49. The summed E-state index contributed by atoms with van der Waals surface area (Å²) < 4.78 is 11.8. The Morgan fingerprint density at radius 1 is 1.07 bits per heavy atom. The summed E-state index contributed by atoms with van der Waals surface area (Å²) in [4.78, 5) is 37.8. The lowest BCUT2D eigenvalue weighted by Gasteiger charge is -2.17. The minimum absolute atomic E-state index is 0.0766. The van der Waals surface area contributed by atoms with Crippen LogP contribution in [0.2, 0.25) is 0 Å². The van der Waals surface area contributed by atoms with E-state index < -0.39 is 11.9 Å². The van der Waals surface area contributed by atoms with Crippen molar-refractivity contribution in [3.05, 3.63) is 58.9 Å². The predicted molar refractivity (Wildman–Crippen MR) is 104 cm³/mol. The van der Waals surface area contributed by atoms with E-state index in [-0.39, 0.29) is 25.7 Å². The van der Waals surface area contributed by atoms with Crippen LogP contribution in [0.1, 0.15) is 34.2 Å². The maximum Gasteiger partial charge on any atom is 0.339 e. The monoisotopic (exact) mass is 386 g/mol. The zero-order valence-electron chi connectivity index (χ0n) is 16.7. The molecule has 28 heavy (non-hydrogen) atoms. The average molecular weight is 386 g/mol. The molecular formula is C21H26N2O5. The number of esters is 2. The van der Waals surface area contributed by atoms with E-state index in [1.807, 2.05) is 30.3 Å². The first kappa shape index (κ1) is 21.2. The summed E-state index contributed by atoms with van der Waals surface area (Å²) >= 11 is 0. The van der Waals surface area contributed by atoms with Crippen LogP contribution in [0.3, 0.4) is 0 Å². The highest BCUT2D eigenvalue weighted by atomic mass is 16.5. The molecule has 2 aromatic rings. The van der Waals surface area contributed by atoms with Gasteiger partial charge in [-0.25, -0.2) is 4.79 Å². The Morgan fingerprint density at radius 2 is 1.75 bits per heavy atom. The minimum atomic E-state index is -0.543. The number of hydrogen-bond donors (Lipinski definition) is 0. The van der Waals surface area contributed by atoms with Crippen molar-refractivity contribution in [2.45, 2.75) is 33.9 Å². The van der Waals surface area contributed by atoms with Crippen molar-refractivity contribution >= 4 is 17.8 Å². The Hall–Kier alpha value is -3.09. The summed E-state index contributed by atoms with van der Waals surface area (Å²) in [5.74, 6) is -1.25. The van der Waals surface area contributed by atoms with Gasteiger partial charge >= 0.3 is 11.9 Å². The molecule has 0 saturated heterocycles. The molecule has 1 aromatic heterocycles. The van der Waals surface area contributed by atoms with Gasteiger partial charge in [-0.3, -0.25) is 9.59 Å². The molecule has 1 aromatic carbocycles. The average Bonchev–Trinajstić information content (AvgIpc) is 2.95. The number of rotatable bonds is 8. The summed E-state index contributed by atoms with van der Waals surface area (Å²) in [6.45, 7) is 5.59. The van der Waals surface area contributed by atoms with Gasteiger partial charge < -0.3 is 18.9 Å². The highest BCUT2D eigenvalue weighted by Gasteiger charge is 2.19. The molecule has 1 heterocycles. The highest BCUT2D eigenvalue weighted by molar-refractivity contribution is 5.91. The zero-order chi connectivity index (χ0) is 20.7. The molecule has 0 fully saturated rings. The SMILES string of the molecule is CCOC(=O)c1cc(C)n(CC(=O)OCC(=O)N(C)Cc2ccccc2)c1C. The molecule has 2 rings (SSSR count). The number of benzene rings is 1. The van der Waals surface area contributed by atoms with Crippen LogP contribution >= 0.6 is 0 Å². The third-order valence-electron chi connectivity index (χ3n) is 4.40. The summed E-state index contributed by atoms with van der Waals surface area (Å²) in [6.07, 6.45) is 0. The van der Waals surface area contributed by atoms with Gasteiger partial charge in [0.05, 0.1) is 12.2 Å². The lowest BCUT2D eigenvalue weighted by Crippen LogP contribution is -2.31. The first-order chi connectivity index (χ1) is 13.3. The van der Waals surface area contributed by atoms with Gasteiger partial charge in [0, 0.05) is 25.0 Å². The Kier molecular flexibility index (Phi) is 7.37. The fraction of sp³-hybridized carbons (Fsp3) is 0.381. The van der Waals surface area contributed by atoms with Gasteiger partial charge in [-0.2, -0.15) is 0 Å². The summed E-state index contributed by atoms with van der Waals surface area (Å²) in [5.41, 5.74) is 2.78. The lowest BCUT2D eigenvalue weighted by atomic mass is 10.2. The molecule has 0 aliphatic heterocycles. The number of carbonyl (C=O) groups is 3. The number of likely N-dealkylation sites (N-methyl/N-ethyl adjacent to an activating group) is 1. The van der Waals surface area contributed by atoms with Crippen LogP contribution in [-0.4, -0.2) is 47.6 Å². The number of aryl methyl sites for hydroxylation is 1. The fourth-order valence-electron chi connectivity index (χ4n) is 2.83. The summed E-state index contributed by atoms with van der Waals surface area (Å²) in [7, 11) is 1.66. The van der Waals surface area contributed by atoms with Gasteiger partial charge in [0.2, 0.25) is 0 Å². The van der Waals surface area contributed by atoms with Crippen molar-refractivity contribution in [1.82, 2.24) is 9.47 Å². The van der Waals surface area contributed by atoms with Crippen molar-refractivity contribution in [2.75, 3.05) is 20.3 Å². The molecule has 0 aliphatic carbocycles. The van der Waals surface area contributed by atoms with Crippen LogP contribution in [0.5, 0.6) is 0 Å². The second kappa shape index (κ2) is 9.73. The van der Waals surface area contributed by atoms with Gasteiger partial charge in [0.25, 0.3) is 5.91 Å². The normalized spacial score (nSPS) is 10.4. The first-order valence-corrected chi connectivity index (χ1v) is 9.10. The number of aromatic nitrogens is 1. The predicted octanol–water partition coefficient (Wildman–Crippen LogP) is 2.48. The van der Waals surface area contributed by atoms with Gasteiger partial charge in [-0.15, -0.1) is 0 Å². The molecule has 0 spiro atoms. The van der Waals surface area contributed by atoms with Crippen molar-refractivity contribution in [3.63, 3.8) is 0 Å². The second-order valence-corrected chi connectivity index (χ2v) is 6.49. The molecule has 0 radical (unpaired) electrons. The molecular weight excluding hydrogens is 360 g/mol. The largest absolute Gasteiger partial charge is 0.462 e. The van der Waals surface area contributed by atoms with E-state index in [4.69, 9.17) is 9.47 Å². The smallest absolute Gasteiger partial charge is 0.339 e. The van der Waals surface area contributed by atoms with Crippen molar-refractivity contribution < 1.29 is 23.9 Å². The van der Waals surface area contributed by atoms with Crippen molar-refractivity contribution in [2.24, 2.45) is 0 Å². The van der Waals surface area contributed by atoms with Crippen LogP contribution in [0.4, 0.5) is 0 Å². The van der Waals surface area contributed by atoms with Crippen LogP contribution in [-0.2, 0) is 32.2 Å². The maximum atomic E-state index is 12.2. The Morgan fingerprint density at radius 3 is 2.39 bits per heavy atom. The fourth-order valence-corrected chi connectivity index (χ4v) is 2.83. The summed E-state index contributed by atoms with van der Waals surface area (Å²) in [6, 6.07) is 11.2. The van der Waals surface area contributed by atoms with E-state index in [1.54, 1.807) is 38.5 Å². The molecule has 0 aliphatic rings. The minimum Gasteiger partial charge on any atom is -0.462 e. The van der Waals surface area contributed by atoms with E-state index in [9.17, 15) is 14.4 Å². The van der Waals surface area contributed by atoms with E-state index in [2.05, 4.69) is 0 Å². The number of carbonyl (C=O) groups excluding carboxylic acids is 3. The highest BCUT2D eigenvalue weighted by Crippen LogP contribution is 2.16. The molecule has 0 atom stereocenters. The zero-order valence-corrected chi connectivity index (χ0v) is 16.7. The standard InChI is InChI=1S/C21H26N2O5/c1-5-27-21(26)18-11-15(2)23(16(18)3)13-20(25)28-14-19(24)22(4)12-17-9-7-6-8-10-17/h6-11H,5,12-14H2,1-4H3. The van der Waals surface area contributed by atoms with Crippen LogP contribution < -0.4 is 0 Å². The van der Waals surface area contributed by atoms with Gasteiger partial charge in [0.15, 0.2) is 6.61 Å². The maximum absolute atomic E-state index is 12.2. The lowest BCUT2D eigenvalue weighted by molar-refractivity contribution is -0.152. The summed E-state index contributed by atoms with van der Waals surface area (Å²) in [5, 5.41) is 0. The molecule has 7 heteroatoms. The molecule has 0 saturated carbocycles. The molecule has 150 valence electrons. The molecule has 0 unspecified atom stereocenters. The number of ether oxygens (including phenoxy) is 2. The topological polar surface area (TPSA) is 77.8 Å². The van der Waals surface area contributed by atoms with E-state index in [0.29, 0.717) is 17.8 Å². The number of hydrogen-bond acceptors (Lipinski definition) is 5. The quantitative estimate of drug-likeness (QED) is 0.652. The van der Waals surface area contributed by atoms with Crippen LogP contribution in [0.15, 0.2) is 36.4 Å². The van der Waals surface area contributed by atoms with Gasteiger partial charge in [-0.05, 0) is 32.4 Å². The Balaban J connectivity index is 1.90. The van der Waals surface area contributed by atoms with E-state index >= 15 is 0 Å². The third-order valence-corrected chi connectivity index (χ3v) is 4.40. The van der Waals surface area contributed by atoms with Crippen LogP contribution in [0.25, 0.3) is 0 Å². The molecule has 1 amide bonds.